The molecule has 0 spiro atoms. The Kier molecular flexibility index (Phi) is 5.62. The van der Waals surface area contributed by atoms with Gasteiger partial charge in [0, 0.05) is 18.8 Å². The molecule has 1 aliphatic rings. The Hall–Kier alpha value is -1.55. The van der Waals surface area contributed by atoms with E-state index < -0.39 is 0 Å². The number of rotatable bonds is 5. The van der Waals surface area contributed by atoms with Crippen molar-refractivity contribution in [2.24, 2.45) is 5.92 Å². The van der Waals surface area contributed by atoms with E-state index >= 15 is 0 Å². The first-order valence-corrected chi connectivity index (χ1v) is 7.81. The maximum Gasteiger partial charge on any atom is 0.241 e. The van der Waals surface area contributed by atoms with Gasteiger partial charge in [0.25, 0.3) is 0 Å². The molecule has 0 aromatic heterocycles. The fraction of sp³-hybridized carbons (Fsp3) is 0.588. The van der Waals surface area contributed by atoms with Gasteiger partial charge in [0.15, 0.2) is 0 Å². The molecule has 0 bridgehead atoms. The zero-order valence-corrected chi connectivity index (χ0v) is 13.0. The lowest BCUT2D eigenvalue weighted by Crippen LogP contribution is -2.44. The Morgan fingerprint density at radius 2 is 2.14 bits per heavy atom. The molecule has 2 rings (SSSR count). The van der Waals surface area contributed by atoms with Crippen LogP contribution in [0, 0.1) is 5.92 Å². The molecule has 116 valence electrons. The number of carbonyl (C=O) groups is 1. The van der Waals surface area contributed by atoms with Gasteiger partial charge in [-0.3, -0.25) is 4.79 Å². The molecule has 4 heteroatoms. The fourth-order valence-electron chi connectivity index (χ4n) is 3.14. The molecule has 1 aromatic carbocycles. The molecule has 0 heterocycles. The third-order valence-corrected chi connectivity index (χ3v) is 4.51. The van der Waals surface area contributed by atoms with Crippen LogP contribution in [0.2, 0.25) is 0 Å². The van der Waals surface area contributed by atoms with E-state index in [0.717, 1.165) is 17.7 Å². The first-order valence-electron chi connectivity index (χ1n) is 7.81. The maximum absolute atomic E-state index is 12.3. The number of amides is 1. The van der Waals surface area contributed by atoms with Crippen molar-refractivity contribution < 1.29 is 9.90 Å². The zero-order valence-electron chi connectivity index (χ0n) is 13.0. The average molecular weight is 290 g/mol. The second-order valence-electron chi connectivity index (χ2n) is 6.05. The Balaban J connectivity index is 1.88. The smallest absolute Gasteiger partial charge is 0.241 e. The molecular formula is C17H26N2O2. The van der Waals surface area contributed by atoms with E-state index in [-0.39, 0.29) is 12.5 Å². The van der Waals surface area contributed by atoms with Crippen LogP contribution in [-0.2, 0) is 11.4 Å². The van der Waals surface area contributed by atoms with Crippen LogP contribution < -0.4 is 5.32 Å². The number of aliphatic hydroxyl groups excluding tert-OH is 1. The molecule has 1 saturated carbocycles. The molecule has 1 fully saturated rings. The minimum absolute atomic E-state index is 0.0168. The molecule has 1 aromatic rings. The molecular weight excluding hydrogens is 264 g/mol. The van der Waals surface area contributed by atoms with Gasteiger partial charge in [0.2, 0.25) is 5.91 Å². The van der Waals surface area contributed by atoms with Crippen LogP contribution in [0.25, 0.3) is 0 Å². The summed E-state index contributed by atoms with van der Waals surface area (Å²) in [6.07, 6.45) is 4.84. The molecule has 0 radical (unpaired) electrons. The van der Waals surface area contributed by atoms with Crippen molar-refractivity contribution in [3.05, 3.63) is 29.8 Å². The third-order valence-electron chi connectivity index (χ3n) is 4.51. The Morgan fingerprint density at radius 1 is 1.38 bits per heavy atom. The largest absolute Gasteiger partial charge is 0.392 e. The number of anilines is 1. The predicted octanol–water partition coefficient (Wildman–Crippen LogP) is 2.63. The van der Waals surface area contributed by atoms with Crippen LogP contribution in [0.5, 0.6) is 0 Å². The number of hydrogen-bond donors (Lipinski definition) is 2. The molecule has 1 aliphatic carbocycles. The van der Waals surface area contributed by atoms with Gasteiger partial charge in [-0.25, -0.2) is 0 Å². The SMILES string of the molecule is C[C@H]1CCCC[C@@H]1N(C)C(=O)CNc1cccc(CO)c1. The van der Waals surface area contributed by atoms with Crippen molar-refractivity contribution in [3.63, 3.8) is 0 Å². The number of nitrogens with one attached hydrogen (secondary N) is 1. The minimum atomic E-state index is 0.0168. The van der Waals surface area contributed by atoms with Gasteiger partial charge < -0.3 is 15.3 Å². The van der Waals surface area contributed by atoms with Crippen molar-refractivity contribution in [2.75, 3.05) is 18.9 Å². The number of benzene rings is 1. The second kappa shape index (κ2) is 7.46. The highest BCUT2D eigenvalue weighted by Crippen LogP contribution is 2.27. The molecule has 0 aliphatic heterocycles. The number of nitrogens with zero attached hydrogens (tertiary/aromatic N) is 1. The van der Waals surface area contributed by atoms with E-state index in [0.29, 0.717) is 18.5 Å². The standard InChI is InChI=1S/C17H26N2O2/c1-13-6-3-4-9-16(13)19(2)17(21)11-18-15-8-5-7-14(10-15)12-20/h5,7-8,10,13,16,18,20H,3-4,6,9,11-12H2,1-2H3/t13-,16-/m0/s1. The number of aliphatic hydroxyl groups is 1. The molecule has 0 saturated heterocycles. The highest BCUT2D eigenvalue weighted by molar-refractivity contribution is 5.81. The van der Waals surface area contributed by atoms with E-state index in [4.69, 9.17) is 5.11 Å². The van der Waals surface area contributed by atoms with Gasteiger partial charge in [-0.05, 0) is 36.5 Å². The Labute approximate surface area is 127 Å². The van der Waals surface area contributed by atoms with Crippen molar-refractivity contribution in [3.8, 4) is 0 Å². The lowest BCUT2D eigenvalue weighted by molar-refractivity contribution is -0.131. The van der Waals surface area contributed by atoms with Crippen molar-refractivity contribution in [2.45, 2.75) is 45.3 Å². The third kappa shape index (κ3) is 4.21. The van der Waals surface area contributed by atoms with Gasteiger partial charge in [0.05, 0.1) is 13.2 Å². The molecule has 0 unspecified atom stereocenters. The van der Waals surface area contributed by atoms with Gasteiger partial charge >= 0.3 is 0 Å². The highest BCUT2D eigenvalue weighted by Gasteiger charge is 2.27. The summed E-state index contributed by atoms with van der Waals surface area (Å²) >= 11 is 0. The van der Waals surface area contributed by atoms with Crippen LogP contribution in [0.1, 0.15) is 38.2 Å². The van der Waals surface area contributed by atoms with E-state index in [1.807, 2.05) is 36.2 Å². The summed E-state index contributed by atoms with van der Waals surface area (Å²) in [4.78, 5) is 14.2. The van der Waals surface area contributed by atoms with E-state index in [9.17, 15) is 4.79 Å². The first-order chi connectivity index (χ1) is 10.1. The summed E-state index contributed by atoms with van der Waals surface area (Å²) in [6, 6.07) is 7.90. The van der Waals surface area contributed by atoms with Crippen molar-refractivity contribution >= 4 is 11.6 Å². The van der Waals surface area contributed by atoms with Crippen molar-refractivity contribution in [1.82, 2.24) is 4.90 Å². The first kappa shape index (κ1) is 15.8. The zero-order chi connectivity index (χ0) is 15.2. The number of likely N-dealkylation sites (N-methyl/N-ethyl adjacent to an activating group) is 1. The van der Waals surface area contributed by atoms with Crippen LogP contribution in [0.4, 0.5) is 5.69 Å². The molecule has 21 heavy (non-hydrogen) atoms. The van der Waals surface area contributed by atoms with Gasteiger partial charge in [-0.2, -0.15) is 0 Å². The van der Waals surface area contributed by atoms with E-state index in [2.05, 4.69) is 12.2 Å². The lowest BCUT2D eigenvalue weighted by atomic mass is 9.85. The second-order valence-corrected chi connectivity index (χ2v) is 6.05. The summed E-state index contributed by atoms with van der Waals surface area (Å²) in [5.74, 6) is 0.716. The van der Waals surface area contributed by atoms with Crippen molar-refractivity contribution in [1.29, 1.82) is 0 Å². The maximum atomic E-state index is 12.3. The quantitative estimate of drug-likeness (QED) is 0.876. The fourth-order valence-corrected chi connectivity index (χ4v) is 3.14. The lowest BCUT2D eigenvalue weighted by Gasteiger charge is -2.36. The predicted molar refractivity (Wildman–Crippen MR) is 85.0 cm³/mol. The average Bonchev–Trinajstić information content (AvgIpc) is 2.52. The van der Waals surface area contributed by atoms with Gasteiger partial charge in [-0.1, -0.05) is 31.9 Å². The minimum Gasteiger partial charge on any atom is -0.392 e. The van der Waals surface area contributed by atoms with Gasteiger partial charge in [-0.15, -0.1) is 0 Å². The molecule has 2 atom stereocenters. The number of hydrogen-bond acceptors (Lipinski definition) is 3. The molecule has 2 N–H and O–H groups in total. The molecule has 1 amide bonds. The van der Waals surface area contributed by atoms with Crippen LogP contribution in [0.3, 0.4) is 0 Å². The highest BCUT2D eigenvalue weighted by atomic mass is 16.3. The topological polar surface area (TPSA) is 52.6 Å². The Bertz CT molecular complexity index is 476. The normalized spacial score (nSPS) is 21.9. The monoisotopic (exact) mass is 290 g/mol. The number of carbonyl (C=O) groups excluding carboxylic acids is 1. The molecule has 4 nitrogen and oxygen atoms in total. The summed E-state index contributed by atoms with van der Waals surface area (Å²) in [6.45, 7) is 2.56. The van der Waals surface area contributed by atoms with E-state index in [1.54, 1.807) is 0 Å². The van der Waals surface area contributed by atoms with E-state index in [1.165, 1.54) is 19.3 Å². The Morgan fingerprint density at radius 3 is 2.86 bits per heavy atom. The van der Waals surface area contributed by atoms with Crippen LogP contribution in [0.15, 0.2) is 24.3 Å². The summed E-state index contributed by atoms with van der Waals surface area (Å²) in [7, 11) is 1.92. The summed E-state index contributed by atoms with van der Waals surface area (Å²) in [5.41, 5.74) is 1.72. The summed E-state index contributed by atoms with van der Waals surface area (Å²) in [5, 5.41) is 12.3. The van der Waals surface area contributed by atoms with Crippen LogP contribution in [-0.4, -0.2) is 35.5 Å². The van der Waals surface area contributed by atoms with Gasteiger partial charge in [0.1, 0.15) is 0 Å². The van der Waals surface area contributed by atoms with Crippen LogP contribution >= 0.6 is 0 Å². The summed E-state index contributed by atoms with van der Waals surface area (Å²) < 4.78 is 0.